The molecule has 3 aromatic rings. The molecule has 0 saturated carbocycles. The molecule has 0 amide bonds. The summed E-state index contributed by atoms with van der Waals surface area (Å²) in [6.07, 6.45) is 0.824. The molecule has 0 N–H and O–H groups in total. The maximum absolute atomic E-state index is 6.11. The van der Waals surface area contributed by atoms with Gasteiger partial charge >= 0.3 is 0 Å². The van der Waals surface area contributed by atoms with E-state index in [1.54, 1.807) is 0 Å². The summed E-state index contributed by atoms with van der Waals surface area (Å²) in [6, 6.07) is 14.7. The highest BCUT2D eigenvalue weighted by atomic mass is 35.5. The first kappa shape index (κ1) is 12.2. The highest BCUT2D eigenvalue weighted by Gasteiger charge is 2.10. The number of hydrogen-bond acceptors (Lipinski definition) is 2. The summed E-state index contributed by atoms with van der Waals surface area (Å²) in [5.41, 5.74) is 1.23. The molecule has 0 aliphatic carbocycles. The third-order valence-electron chi connectivity index (χ3n) is 3.31. The lowest BCUT2D eigenvalue weighted by atomic mass is 10.0. The van der Waals surface area contributed by atoms with Crippen molar-refractivity contribution in [1.29, 1.82) is 0 Å². The largest absolute Gasteiger partial charge is 0.297 e. The fourth-order valence-corrected chi connectivity index (χ4v) is 2.53. The van der Waals surface area contributed by atoms with Crippen LogP contribution in [-0.4, -0.2) is 14.8 Å². The number of fused-ring (bicyclic) bond motifs is 1. The van der Waals surface area contributed by atoms with E-state index in [4.69, 9.17) is 11.6 Å². The van der Waals surface area contributed by atoms with Crippen molar-refractivity contribution in [3.05, 3.63) is 59.1 Å². The number of nitrogens with zero attached hydrogens (tertiary/aromatic N) is 3. The van der Waals surface area contributed by atoms with Gasteiger partial charge in [-0.3, -0.25) is 4.57 Å². The van der Waals surface area contributed by atoms with E-state index in [9.17, 15) is 0 Å². The van der Waals surface area contributed by atoms with Crippen molar-refractivity contribution < 1.29 is 0 Å². The van der Waals surface area contributed by atoms with Crippen LogP contribution in [0.1, 0.15) is 18.3 Å². The lowest BCUT2D eigenvalue weighted by molar-refractivity contribution is 0.736. The average Bonchev–Trinajstić information content (AvgIpc) is 2.80. The molecule has 4 heteroatoms. The zero-order valence-electron chi connectivity index (χ0n) is 10.7. The molecule has 1 heterocycles. The van der Waals surface area contributed by atoms with Gasteiger partial charge in [-0.05, 0) is 27.9 Å². The molecule has 0 atom stereocenters. The zero-order chi connectivity index (χ0) is 13.2. The van der Waals surface area contributed by atoms with Gasteiger partial charge in [0.05, 0.1) is 6.54 Å². The smallest absolute Gasteiger partial charge is 0.225 e. The molecule has 3 nitrogen and oxygen atoms in total. The van der Waals surface area contributed by atoms with Crippen LogP contribution in [0.5, 0.6) is 0 Å². The van der Waals surface area contributed by atoms with E-state index in [1.165, 1.54) is 16.3 Å². The SMILES string of the molecule is CCc1nnc(Cl)n1Cc1cccc2ccccc12. The van der Waals surface area contributed by atoms with Crippen LogP contribution in [0.15, 0.2) is 42.5 Å². The number of benzene rings is 2. The summed E-state index contributed by atoms with van der Waals surface area (Å²) in [6.45, 7) is 2.76. The monoisotopic (exact) mass is 271 g/mol. The molecule has 0 radical (unpaired) electrons. The molecular formula is C15H14ClN3. The van der Waals surface area contributed by atoms with Crippen LogP contribution >= 0.6 is 11.6 Å². The van der Waals surface area contributed by atoms with Gasteiger partial charge in [-0.15, -0.1) is 10.2 Å². The Morgan fingerprint density at radius 3 is 2.68 bits per heavy atom. The molecule has 0 spiro atoms. The minimum atomic E-state index is 0.449. The molecular weight excluding hydrogens is 258 g/mol. The van der Waals surface area contributed by atoms with Gasteiger partial charge in [-0.2, -0.15) is 0 Å². The second-order valence-corrected chi connectivity index (χ2v) is 4.80. The molecule has 0 aliphatic heterocycles. The van der Waals surface area contributed by atoms with Gasteiger partial charge in [0.15, 0.2) is 0 Å². The fraction of sp³-hybridized carbons (Fsp3) is 0.200. The summed E-state index contributed by atoms with van der Waals surface area (Å²) in [5, 5.41) is 11.0. The van der Waals surface area contributed by atoms with Gasteiger partial charge in [0.1, 0.15) is 5.82 Å². The van der Waals surface area contributed by atoms with Crippen molar-refractivity contribution in [2.24, 2.45) is 0 Å². The molecule has 0 aliphatic rings. The molecule has 0 bridgehead atoms. The van der Waals surface area contributed by atoms with E-state index in [1.807, 2.05) is 4.57 Å². The lowest BCUT2D eigenvalue weighted by Gasteiger charge is -2.09. The quantitative estimate of drug-likeness (QED) is 0.727. The molecule has 1 aromatic heterocycles. The topological polar surface area (TPSA) is 30.7 Å². The van der Waals surface area contributed by atoms with Gasteiger partial charge in [0.25, 0.3) is 0 Å². The van der Waals surface area contributed by atoms with Crippen molar-refractivity contribution >= 4 is 22.4 Å². The van der Waals surface area contributed by atoms with Crippen molar-refractivity contribution in [1.82, 2.24) is 14.8 Å². The van der Waals surface area contributed by atoms with Gasteiger partial charge in [-0.25, -0.2) is 0 Å². The van der Waals surface area contributed by atoms with Gasteiger partial charge < -0.3 is 0 Å². The minimum Gasteiger partial charge on any atom is -0.297 e. The Labute approximate surface area is 116 Å². The number of aromatic nitrogens is 3. The van der Waals surface area contributed by atoms with Crippen LogP contribution in [-0.2, 0) is 13.0 Å². The lowest BCUT2D eigenvalue weighted by Crippen LogP contribution is -2.05. The van der Waals surface area contributed by atoms with Gasteiger partial charge in [0.2, 0.25) is 5.28 Å². The number of halogens is 1. The van der Waals surface area contributed by atoms with Crippen molar-refractivity contribution in [3.63, 3.8) is 0 Å². The third kappa shape index (κ3) is 2.22. The fourth-order valence-electron chi connectivity index (χ4n) is 2.33. The predicted molar refractivity (Wildman–Crippen MR) is 77.5 cm³/mol. The van der Waals surface area contributed by atoms with Crippen molar-refractivity contribution in [2.75, 3.05) is 0 Å². The van der Waals surface area contributed by atoms with E-state index in [0.29, 0.717) is 11.8 Å². The van der Waals surface area contributed by atoms with E-state index in [0.717, 1.165) is 12.2 Å². The van der Waals surface area contributed by atoms with Crippen LogP contribution in [0.3, 0.4) is 0 Å². The van der Waals surface area contributed by atoms with E-state index >= 15 is 0 Å². The summed E-state index contributed by atoms with van der Waals surface area (Å²) in [7, 11) is 0. The van der Waals surface area contributed by atoms with Crippen LogP contribution in [0, 0.1) is 0 Å². The number of hydrogen-bond donors (Lipinski definition) is 0. The first-order valence-corrected chi connectivity index (χ1v) is 6.71. The normalized spacial score (nSPS) is 11.1. The minimum absolute atomic E-state index is 0.449. The average molecular weight is 272 g/mol. The Hall–Kier alpha value is -1.87. The number of aryl methyl sites for hydroxylation is 1. The van der Waals surface area contributed by atoms with Crippen LogP contribution in [0.2, 0.25) is 5.28 Å². The van der Waals surface area contributed by atoms with Crippen LogP contribution < -0.4 is 0 Å². The predicted octanol–water partition coefficient (Wildman–Crippen LogP) is 3.70. The molecule has 2 aromatic carbocycles. The van der Waals surface area contributed by atoms with E-state index in [-0.39, 0.29) is 0 Å². The molecule has 0 unspecified atom stereocenters. The van der Waals surface area contributed by atoms with E-state index < -0.39 is 0 Å². The van der Waals surface area contributed by atoms with Crippen molar-refractivity contribution in [3.8, 4) is 0 Å². The number of rotatable bonds is 3. The Morgan fingerprint density at radius 2 is 1.84 bits per heavy atom. The van der Waals surface area contributed by atoms with Crippen LogP contribution in [0.25, 0.3) is 10.8 Å². The Morgan fingerprint density at radius 1 is 1.05 bits per heavy atom. The molecule has 0 saturated heterocycles. The highest BCUT2D eigenvalue weighted by Crippen LogP contribution is 2.21. The first-order valence-electron chi connectivity index (χ1n) is 6.34. The summed E-state index contributed by atoms with van der Waals surface area (Å²) < 4.78 is 1.96. The highest BCUT2D eigenvalue weighted by molar-refractivity contribution is 6.28. The maximum Gasteiger partial charge on any atom is 0.225 e. The second-order valence-electron chi connectivity index (χ2n) is 4.46. The van der Waals surface area contributed by atoms with E-state index in [2.05, 4.69) is 59.6 Å². The Bertz CT molecular complexity index is 713. The molecule has 96 valence electrons. The molecule has 0 fully saturated rings. The maximum atomic E-state index is 6.11. The molecule has 19 heavy (non-hydrogen) atoms. The standard InChI is InChI=1S/C15H14ClN3/c1-2-14-17-18-15(16)19(14)10-12-8-5-7-11-6-3-4-9-13(11)12/h3-9H,2,10H2,1H3. The van der Waals surface area contributed by atoms with Gasteiger partial charge in [-0.1, -0.05) is 49.4 Å². The first-order chi connectivity index (χ1) is 9.29. The zero-order valence-corrected chi connectivity index (χ0v) is 11.4. The second kappa shape index (κ2) is 5.02. The summed E-state index contributed by atoms with van der Waals surface area (Å²) in [5.74, 6) is 0.915. The summed E-state index contributed by atoms with van der Waals surface area (Å²) in [4.78, 5) is 0. The molecule has 3 rings (SSSR count). The Balaban J connectivity index is 2.08. The Kier molecular flexibility index (Phi) is 3.22. The van der Waals surface area contributed by atoms with Gasteiger partial charge in [0, 0.05) is 6.42 Å². The van der Waals surface area contributed by atoms with Crippen LogP contribution in [0.4, 0.5) is 0 Å². The summed E-state index contributed by atoms with van der Waals surface area (Å²) >= 11 is 6.11. The third-order valence-corrected chi connectivity index (χ3v) is 3.59. The van der Waals surface area contributed by atoms with Crippen molar-refractivity contribution in [2.45, 2.75) is 19.9 Å².